The van der Waals surface area contributed by atoms with Gasteiger partial charge in [-0.2, -0.15) is 0 Å². The van der Waals surface area contributed by atoms with Gasteiger partial charge in [0.25, 0.3) is 0 Å². The lowest BCUT2D eigenvalue weighted by Crippen LogP contribution is -2.38. The Bertz CT molecular complexity index is 164. The van der Waals surface area contributed by atoms with Gasteiger partial charge in [-0.3, -0.25) is 0 Å². The molecule has 0 radical (unpaired) electrons. The Kier molecular flexibility index (Phi) is 10.9. The molecule has 0 fully saturated rings. The second kappa shape index (κ2) is 11.0. The summed E-state index contributed by atoms with van der Waals surface area (Å²) in [6.45, 7) is 9.58. The molecule has 0 aliphatic rings. The smallest absolute Gasteiger partial charge is 0.0488 e. The number of nitrogens with one attached hydrogen (secondary N) is 1. The molecular weight excluding hydrogens is 214 g/mol. The summed E-state index contributed by atoms with van der Waals surface area (Å²) < 4.78 is 10.4. The van der Waals surface area contributed by atoms with Gasteiger partial charge in [-0.1, -0.05) is 20.8 Å². The van der Waals surface area contributed by atoms with Gasteiger partial charge >= 0.3 is 0 Å². The Morgan fingerprint density at radius 2 is 1.82 bits per heavy atom. The molecule has 0 saturated heterocycles. The fraction of sp³-hybridized carbons (Fsp3) is 1.00. The molecule has 104 valence electrons. The molecule has 3 nitrogen and oxygen atoms in total. The zero-order chi connectivity index (χ0) is 13.1. The van der Waals surface area contributed by atoms with E-state index in [9.17, 15) is 0 Å². The normalized spacial score (nSPS) is 16.8. The van der Waals surface area contributed by atoms with E-state index in [4.69, 9.17) is 9.47 Å². The number of hydrogen-bond acceptors (Lipinski definition) is 3. The third kappa shape index (κ3) is 8.58. The van der Waals surface area contributed by atoms with E-state index in [2.05, 4.69) is 26.1 Å². The summed E-state index contributed by atoms with van der Waals surface area (Å²) in [5.74, 6) is 1.26. The van der Waals surface area contributed by atoms with Crippen molar-refractivity contribution >= 4 is 0 Å². The second-order valence-corrected chi connectivity index (χ2v) is 5.12. The zero-order valence-corrected chi connectivity index (χ0v) is 12.3. The maximum Gasteiger partial charge on any atom is 0.0488 e. The fourth-order valence-electron chi connectivity index (χ4n) is 2.14. The average Bonchev–Trinajstić information content (AvgIpc) is 2.31. The van der Waals surface area contributed by atoms with E-state index in [0.29, 0.717) is 17.9 Å². The van der Waals surface area contributed by atoms with Crippen LogP contribution in [0.1, 0.15) is 40.0 Å². The van der Waals surface area contributed by atoms with Crippen LogP contribution in [0, 0.1) is 11.8 Å². The topological polar surface area (TPSA) is 30.5 Å². The van der Waals surface area contributed by atoms with Crippen LogP contribution in [0.4, 0.5) is 0 Å². The first-order valence-corrected chi connectivity index (χ1v) is 6.86. The third-order valence-corrected chi connectivity index (χ3v) is 3.23. The van der Waals surface area contributed by atoms with E-state index in [1.165, 1.54) is 12.8 Å². The van der Waals surface area contributed by atoms with Crippen LogP contribution in [0.15, 0.2) is 0 Å². The van der Waals surface area contributed by atoms with E-state index in [0.717, 1.165) is 26.2 Å². The lowest BCUT2D eigenvalue weighted by atomic mass is 9.90. The van der Waals surface area contributed by atoms with Crippen LogP contribution in [0.3, 0.4) is 0 Å². The molecule has 0 heterocycles. The van der Waals surface area contributed by atoms with Gasteiger partial charge in [0.1, 0.15) is 0 Å². The molecule has 0 amide bonds. The molecule has 0 aromatic rings. The Labute approximate surface area is 107 Å². The molecule has 0 aliphatic heterocycles. The van der Waals surface area contributed by atoms with Gasteiger partial charge in [0, 0.05) is 33.5 Å². The number of rotatable bonds is 11. The summed E-state index contributed by atoms with van der Waals surface area (Å²) >= 11 is 0. The number of hydrogen-bond donors (Lipinski definition) is 1. The van der Waals surface area contributed by atoms with Crippen LogP contribution in [0.5, 0.6) is 0 Å². The van der Waals surface area contributed by atoms with E-state index in [1.54, 1.807) is 14.2 Å². The van der Waals surface area contributed by atoms with Crippen molar-refractivity contribution in [3.8, 4) is 0 Å². The van der Waals surface area contributed by atoms with Crippen molar-refractivity contribution in [3.63, 3.8) is 0 Å². The minimum Gasteiger partial charge on any atom is -0.385 e. The first kappa shape index (κ1) is 16.9. The highest BCUT2D eigenvalue weighted by atomic mass is 16.5. The van der Waals surface area contributed by atoms with Crippen molar-refractivity contribution < 1.29 is 9.47 Å². The largest absolute Gasteiger partial charge is 0.385 e. The van der Waals surface area contributed by atoms with Crippen molar-refractivity contribution in [2.45, 2.75) is 46.1 Å². The predicted molar refractivity (Wildman–Crippen MR) is 73.4 cm³/mol. The van der Waals surface area contributed by atoms with Gasteiger partial charge < -0.3 is 14.8 Å². The van der Waals surface area contributed by atoms with Crippen molar-refractivity contribution in [2.24, 2.45) is 11.8 Å². The molecule has 3 atom stereocenters. The molecule has 0 spiro atoms. The van der Waals surface area contributed by atoms with E-state index in [-0.39, 0.29) is 0 Å². The Hall–Kier alpha value is -0.120. The summed E-state index contributed by atoms with van der Waals surface area (Å²) in [5.41, 5.74) is 0. The SMILES string of the molecule is CCCNC(CC(C)COC)C(C)CCOC. The van der Waals surface area contributed by atoms with Crippen LogP contribution >= 0.6 is 0 Å². The molecule has 0 aromatic heterocycles. The standard InChI is InChI=1S/C14H31NO2/c1-6-8-15-14(10-12(2)11-17-5)13(3)7-9-16-4/h12-15H,6-11H2,1-5H3. The minimum absolute atomic E-state index is 0.579. The summed E-state index contributed by atoms with van der Waals surface area (Å²) in [4.78, 5) is 0. The molecule has 0 aliphatic carbocycles. The van der Waals surface area contributed by atoms with Gasteiger partial charge in [-0.05, 0) is 37.6 Å². The van der Waals surface area contributed by atoms with Crippen molar-refractivity contribution in [1.29, 1.82) is 0 Å². The number of methoxy groups -OCH3 is 2. The van der Waals surface area contributed by atoms with Crippen LogP contribution in [-0.2, 0) is 9.47 Å². The van der Waals surface area contributed by atoms with Gasteiger partial charge in [-0.15, -0.1) is 0 Å². The summed E-state index contributed by atoms with van der Waals surface area (Å²) in [7, 11) is 3.55. The highest BCUT2D eigenvalue weighted by Crippen LogP contribution is 2.17. The first-order chi connectivity index (χ1) is 8.15. The summed E-state index contributed by atoms with van der Waals surface area (Å²) in [6.07, 6.45) is 3.49. The first-order valence-electron chi connectivity index (χ1n) is 6.86. The predicted octanol–water partition coefficient (Wildman–Crippen LogP) is 2.70. The molecule has 1 N–H and O–H groups in total. The third-order valence-electron chi connectivity index (χ3n) is 3.23. The highest BCUT2D eigenvalue weighted by Gasteiger charge is 2.19. The van der Waals surface area contributed by atoms with Crippen LogP contribution in [0.2, 0.25) is 0 Å². The summed E-state index contributed by atoms with van der Waals surface area (Å²) in [5, 5.41) is 3.66. The van der Waals surface area contributed by atoms with Crippen LogP contribution < -0.4 is 5.32 Å². The Balaban J connectivity index is 4.10. The minimum atomic E-state index is 0.579. The molecular formula is C14H31NO2. The number of ether oxygens (including phenoxy) is 2. The molecule has 0 aromatic carbocycles. The maximum absolute atomic E-state index is 5.22. The van der Waals surface area contributed by atoms with Gasteiger partial charge in [0.05, 0.1) is 0 Å². The maximum atomic E-state index is 5.22. The molecule has 3 heteroatoms. The van der Waals surface area contributed by atoms with Gasteiger partial charge in [-0.25, -0.2) is 0 Å². The second-order valence-electron chi connectivity index (χ2n) is 5.12. The van der Waals surface area contributed by atoms with E-state index < -0.39 is 0 Å². The van der Waals surface area contributed by atoms with E-state index >= 15 is 0 Å². The van der Waals surface area contributed by atoms with Crippen molar-refractivity contribution in [1.82, 2.24) is 5.32 Å². The lowest BCUT2D eigenvalue weighted by Gasteiger charge is -2.27. The molecule has 0 saturated carbocycles. The lowest BCUT2D eigenvalue weighted by molar-refractivity contribution is 0.134. The zero-order valence-electron chi connectivity index (χ0n) is 12.3. The molecule has 3 unspecified atom stereocenters. The van der Waals surface area contributed by atoms with Gasteiger partial charge in [0.15, 0.2) is 0 Å². The average molecular weight is 245 g/mol. The molecule has 0 rings (SSSR count). The Morgan fingerprint density at radius 3 is 2.35 bits per heavy atom. The summed E-state index contributed by atoms with van der Waals surface area (Å²) in [6, 6.07) is 0.579. The quantitative estimate of drug-likeness (QED) is 0.607. The Morgan fingerprint density at radius 1 is 1.12 bits per heavy atom. The van der Waals surface area contributed by atoms with Gasteiger partial charge in [0.2, 0.25) is 0 Å². The van der Waals surface area contributed by atoms with E-state index in [1.807, 2.05) is 0 Å². The monoisotopic (exact) mass is 245 g/mol. The van der Waals surface area contributed by atoms with Crippen molar-refractivity contribution in [3.05, 3.63) is 0 Å². The van der Waals surface area contributed by atoms with Crippen LogP contribution in [0.25, 0.3) is 0 Å². The molecule has 17 heavy (non-hydrogen) atoms. The fourth-order valence-corrected chi connectivity index (χ4v) is 2.14. The van der Waals surface area contributed by atoms with Crippen molar-refractivity contribution in [2.75, 3.05) is 34.0 Å². The van der Waals surface area contributed by atoms with Crippen LogP contribution in [-0.4, -0.2) is 40.0 Å². The highest BCUT2D eigenvalue weighted by molar-refractivity contribution is 4.75. The molecule has 0 bridgehead atoms.